The summed E-state index contributed by atoms with van der Waals surface area (Å²) in [5.41, 5.74) is 5.89. The molecule has 6 heteroatoms. The number of hydrogen-bond donors (Lipinski definition) is 2. The van der Waals surface area contributed by atoms with E-state index in [1.807, 2.05) is 0 Å². The van der Waals surface area contributed by atoms with Crippen molar-refractivity contribution in [3.8, 4) is 0 Å². The van der Waals surface area contributed by atoms with E-state index in [1.165, 1.54) is 12.3 Å². The van der Waals surface area contributed by atoms with Crippen LogP contribution in [0, 0.1) is 0 Å². The van der Waals surface area contributed by atoms with Gasteiger partial charge in [0.15, 0.2) is 0 Å². The van der Waals surface area contributed by atoms with Crippen molar-refractivity contribution in [3.05, 3.63) is 18.3 Å². The Bertz CT molecular complexity index is 298. The lowest BCUT2D eigenvalue weighted by molar-refractivity contribution is -0.131. The average molecular weight is 205 g/mol. The highest BCUT2D eigenvalue weighted by Crippen LogP contribution is 2.19. The summed E-state index contributed by atoms with van der Waals surface area (Å²) in [6.07, 6.45) is -3.56. The van der Waals surface area contributed by atoms with E-state index >= 15 is 0 Å². The minimum absolute atomic E-state index is 0.160. The summed E-state index contributed by atoms with van der Waals surface area (Å²) in [6, 6.07) is 3.04. The Kier molecular flexibility index (Phi) is 3.16. The highest BCUT2D eigenvalue weighted by molar-refractivity contribution is 5.49. The first-order valence-corrected chi connectivity index (χ1v) is 3.99. The maximum Gasteiger partial charge on any atom is 0.390 e. The monoisotopic (exact) mass is 205 g/mol. The predicted molar refractivity (Wildman–Crippen MR) is 47.8 cm³/mol. The number of pyridine rings is 1. The summed E-state index contributed by atoms with van der Waals surface area (Å²) in [5, 5.41) is 2.60. The van der Waals surface area contributed by atoms with Crippen molar-refractivity contribution in [3.63, 3.8) is 0 Å². The molecule has 0 radical (unpaired) electrons. The minimum atomic E-state index is -4.13. The van der Waals surface area contributed by atoms with E-state index in [2.05, 4.69) is 10.3 Å². The molecule has 78 valence electrons. The lowest BCUT2D eigenvalue weighted by Crippen LogP contribution is -2.14. The molecule has 0 aliphatic carbocycles. The summed E-state index contributed by atoms with van der Waals surface area (Å²) in [6.45, 7) is -0.160. The number of hydrogen-bond acceptors (Lipinski definition) is 3. The van der Waals surface area contributed by atoms with E-state index in [9.17, 15) is 13.2 Å². The van der Waals surface area contributed by atoms with E-state index < -0.39 is 12.6 Å². The molecule has 0 aliphatic rings. The lowest BCUT2D eigenvalue weighted by Gasteiger charge is -2.08. The van der Waals surface area contributed by atoms with Gasteiger partial charge in [0, 0.05) is 24.5 Å². The van der Waals surface area contributed by atoms with Crippen LogP contribution in [-0.4, -0.2) is 17.7 Å². The third-order valence-electron chi connectivity index (χ3n) is 1.52. The van der Waals surface area contributed by atoms with Crippen molar-refractivity contribution in [1.29, 1.82) is 0 Å². The summed E-state index contributed by atoms with van der Waals surface area (Å²) in [5.74, 6) is 0.280. The molecular formula is C8H10F3N3. The fourth-order valence-corrected chi connectivity index (χ4v) is 0.907. The van der Waals surface area contributed by atoms with Crippen LogP contribution < -0.4 is 11.1 Å². The fraction of sp³-hybridized carbons (Fsp3) is 0.375. The molecule has 1 aromatic heterocycles. The molecule has 0 bridgehead atoms. The lowest BCUT2D eigenvalue weighted by atomic mass is 10.3. The van der Waals surface area contributed by atoms with E-state index in [-0.39, 0.29) is 12.4 Å². The van der Waals surface area contributed by atoms with Gasteiger partial charge in [-0.3, -0.25) is 0 Å². The number of aromatic nitrogens is 1. The van der Waals surface area contributed by atoms with Gasteiger partial charge in [0.1, 0.15) is 5.82 Å². The Morgan fingerprint density at radius 2 is 2.14 bits per heavy atom. The van der Waals surface area contributed by atoms with Crippen LogP contribution in [-0.2, 0) is 0 Å². The van der Waals surface area contributed by atoms with E-state index in [4.69, 9.17) is 5.73 Å². The first-order valence-electron chi connectivity index (χ1n) is 3.99. The van der Waals surface area contributed by atoms with Crippen molar-refractivity contribution in [2.24, 2.45) is 0 Å². The van der Waals surface area contributed by atoms with Crippen molar-refractivity contribution < 1.29 is 13.2 Å². The number of nitrogen functional groups attached to an aromatic ring is 1. The van der Waals surface area contributed by atoms with Gasteiger partial charge in [-0.2, -0.15) is 13.2 Å². The zero-order valence-electron chi connectivity index (χ0n) is 7.30. The Balaban J connectivity index is 2.39. The molecule has 3 N–H and O–H groups in total. The van der Waals surface area contributed by atoms with Crippen LogP contribution >= 0.6 is 0 Å². The van der Waals surface area contributed by atoms with Crippen LogP contribution in [0.4, 0.5) is 24.7 Å². The van der Waals surface area contributed by atoms with Gasteiger partial charge in [-0.05, 0) is 6.07 Å². The largest absolute Gasteiger partial charge is 0.390 e. The molecule has 1 rings (SSSR count). The third-order valence-corrected chi connectivity index (χ3v) is 1.52. The quantitative estimate of drug-likeness (QED) is 0.793. The highest BCUT2D eigenvalue weighted by atomic mass is 19.4. The Hall–Kier alpha value is -1.46. The fourth-order valence-electron chi connectivity index (χ4n) is 0.907. The second kappa shape index (κ2) is 4.17. The zero-order chi connectivity index (χ0) is 10.6. The normalized spacial score (nSPS) is 11.4. The van der Waals surface area contributed by atoms with Crippen molar-refractivity contribution in [2.45, 2.75) is 12.6 Å². The van der Waals surface area contributed by atoms with Gasteiger partial charge in [0.25, 0.3) is 0 Å². The molecule has 0 fully saturated rings. The van der Waals surface area contributed by atoms with Gasteiger partial charge in [-0.25, -0.2) is 4.98 Å². The smallest absolute Gasteiger partial charge is 0.385 e. The second-order valence-corrected chi connectivity index (χ2v) is 2.76. The molecule has 0 spiro atoms. The van der Waals surface area contributed by atoms with Gasteiger partial charge < -0.3 is 11.1 Å². The van der Waals surface area contributed by atoms with Crippen LogP contribution in [0.3, 0.4) is 0 Å². The van der Waals surface area contributed by atoms with Crippen LogP contribution in [0.1, 0.15) is 6.42 Å². The van der Waals surface area contributed by atoms with Crippen molar-refractivity contribution in [2.75, 3.05) is 17.6 Å². The number of nitrogens with one attached hydrogen (secondary N) is 1. The number of anilines is 2. The van der Waals surface area contributed by atoms with Crippen LogP contribution in [0.25, 0.3) is 0 Å². The molecule has 1 heterocycles. The van der Waals surface area contributed by atoms with E-state index in [0.29, 0.717) is 5.69 Å². The minimum Gasteiger partial charge on any atom is -0.385 e. The molecule has 0 saturated heterocycles. The van der Waals surface area contributed by atoms with Gasteiger partial charge >= 0.3 is 6.18 Å². The maximum atomic E-state index is 11.8. The van der Waals surface area contributed by atoms with Gasteiger partial charge in [0.2, 0.25) is 0 Å². The second-order valence-electron chi connectivity index (χ2n) is 2.76. The molecule has 3 nitrogen and oxygen atoms in total. The van der Waals surface area contributed by atoms with Crippen LogP contribution in [0.5, 0.6) is 0 Å². The molecule has 0 saturated carbocycles. The summed E-state index contributed by atoms with van der Waals surface area (Å²) >= 11 is 0. The van der Waals surface area contributed by atoms with Crippen molar-refractivity contribution >= 4 is 11.5 Å². The first-order chi connectivity index (χ1) is 6.47. The molecule has 1 aromatic rings. The molecule has 0 unspecified atom stereocenters. The first kappa shape index (κ1) is 10.6. The SMILES string of the molecule is Nc1cc(NCCC(F)(F)F)ccn1. The molecular weight excluding hydrogens is 195 g/mol. The van der Waals surface area contributed by atoms with E-state index in [0.717, 1.165) is 0 Å². The van der Waals surface area contributed by atoms with Crippen LogP contribution in [0.15, 0.2) is 18.3 Å². The number of alkyl halides is 3. The summed E-state index contributed by atoms with van der Waals surface area (Å²) < 4.78 is 35.3. The number of halogens is 3. The Morgan fingerprint density at radius 3 is 2.71 bits per heavy atom. The van der Waals surface area contributed by atoms with Gasteiger partial charge in [-0.15, -0.1) is 0 Å². The maximum absolute atomic E-state index is 11.8. The van der Waals surface area contributed by atoms with Gasteiger partial charge in [-0.1, -0.05) is 0 Å². The Labute approximate surface area is 79.1 Å². The van der Waals surface area contributed by atoms with Gasteiger partial charge in [0.05, 0.1) is 6.42 Å². The molecule has 0 amide bonds. The average Bonchev–Trinajstić information content (AvgIpc) is 2.01. The van der Waals surface area contributed by atoms with E-state index in [1.54, 1.807) is 6.07 Å². The third kappa shape index (κ3) is 3.97. The number of nitrogens with two attached hydrogens (primary N) is 1. The molecule has 0 aliphatic heterocycles. The predicted octanol–water partition coefficient (Wildman–Crippen LogP) is 2.03. The molecule has 0 aromatic carbocycles. The molecule has 14 heavy (non-hydrogen) atoms. The van der Waals surface area contributed by atoms with Crippen LogP contribution in [0.2, 0.25) is 0 Å². The van der Waals surface area contributed by atoms with Crippen molar-refractivity contribution in [1.82, 2.24) is 4.98 Å². The number of nitrogens with zero attached hydrogens (tertiary/aromatic N) is 1. The highest BCUT2D eigenvalue weighted by Gasteiger charge is 2.25. The molecule has 0 atom stereocenters. The summed E-state index contributed by atoms with van der Waals surface area (Å²) in [7, 11) is 0. The Morgan fingerprint density at radius 1 is 1.43 bits per heavy atom. The summed E-state index contributed by atoms with van der Waals surface area (Å²) in [4.78, 5) is 3.71. The standard InChI is InChI=1S/C8H10F3N3/c9-8(10,11)2-4-13-6-1-3-14-7(12)5-6/h1,3,5H,2,4H2,(H3,12,13,14). The zero-order valence-corrected chi connectivity index (χ0v) is 7.30. The topological polar surface area (TPSA) is 50.9 Å². The number of rotatable bonds is 3.